The highest BCUT2D eigenvalue weighted by atomic mass is 35.5. The van der Waals surface area contributed by atoms with Gasteiger partial charge in [-0.05, 0) is 60.5 Å². The van der Waals surface area contributed by atoms with Gasteiger partial charge in [-0.1, -0.05) is 23.7 Å². The van der Waals surface area contributed by atoms with E-state index in [-0.39, 0.29) is 23.5 Å². The molecule has 0 radical (unpaired) electrons. The highest BCUT2D eigenvalue weighted by Gasteiger charge is 2.17. The molecule has 0 atom stereocenters. The van der Waals surface area contributed by atoms with E-state index < -0.39 is 17.3 Å². The summed E-state index contributed by atoms with van der Waals surface area (Å²) in [7, 11) is 1.55. The monoisotopic (exact) mass is 672 g/mol. The molecular formula is C36H34ClFN4O6. The maximum atomic E-state index is 15.3. The summed E-state index contributed by atoms with van der Waals surface area (Å²) in [5.74, 6) is -0.0224. The van der Waals surface area contributed by atoms with Crippen LogP contribution < -0.4 is 25.1 Å². The molecule has 5 aromatic rings. The number of fused-ring (bicyclic) bond motifs is 1. The molecule has 1 amide bonds. The molecular weight excluding hydrogens is 639 g/mol. The van der Waals surface area contributed by atoms with E-state index in [1.54, 1.807) is 68.0 Å². The highest BCUT2D eigenvalue weighted by Crippen LogP contribution is 2.38. The lowest BCUT2D eigenvalue weighted by molar-refractivity contribution is 0.0357. The summed E-state index contributed by atoms with van der Waals surface area (Å²) < 4.78 is 39.7. The van der Waals surface area contributed by atoms with Gasteiger partial charge < -0.3 is 28.8 Å². The second kappa shape index (κ2) is 15.3. The third-order valence-corrected chi connectivity index (χ3v) is 8.16. The van der Waals surface area contributed by atoms with E-state index in [9.17, 15) is 9.59 Å². The van der Waals surface area contributed by atoms with E-state index >= 15 is 4.39 Å². The first-order valence-corrected chi connectivity index (χ1v) is 15.9. The fourth-order valence-electron chi connectivity index (χ4n) is 5.38. The molecule has 48 heavy (non-hydrogen) atoms. The Bertz CT molecular complexity index is 1960. The number of amides is 1. The fraction of sp³-hybridized carbons (Fsp3) is 0.250. The van der Waals surface area contributed by atoms with Crippen LogP contribution in [0.15, 0.2) is 90.0 Å². The van der Waals surface area contributed by atoms with Crippen LogP contribution in [-0.4, -0.2) is 66.9 Å². The normalized spacial score (nSPS) is 13.3. The molecule has 6 rings (SSSR count). The number of carbonyl (C=O) groups excluding carboxylic acids is 1. The Morgan fingerprint density at radius 2 is 1.81 bits per heavy atom. The third kappa shape index (κ3) is 7.93. The number of nitrogens with one attached hydrogen (secondary N) is 1. The van der Waals surface area contributed by atoms with E-state index in [1.807, 2.05) is 0 Å². The number of halogens is 2. The molecule has 248 valence electrons. The molecule has 1 aliphatic heterocycles. The standard InChI is InChI=1S/C36H34ClFN4O6/c1-45-33-21-28-30(22-34(33)47-17-3-13-41-15-18-46-19-16-41)39-12-11-31(28)48-32-10-9-26(20-29(32)38)40-35(43)27-4-2-14-42(36(27)44)23-24-5-7-25(37)8-6-24/h2,4-12,14,20-22H,3,13,15-19,23H2,1H3,(H,40,43). The van der Waals surface area contributed by atoms with Crippen molar-refractivity contribution in [2.24, 2.45) is 0 Å². The first-order chi connectivity index (χ1) is 23.4. The second-order valence-corrected chi connectivity index (χ2v) is 11.6. The predicted octanol–water partition coefficient (Wildman–Crippen LogP) is 6.39. The molecule has 1 fully saturated rings. The molecule has 0 spiro atoms. The average Bonchev–Trinajstić information content (AvgIpc) is 3.10. The van der Waals surface area contributed by atoms with Crippen molar-refractivity contribution in [1.29, 1.82) is 0 Å². The van der Waals surface area contributed by atoms with Crippen LogP contribution in [0.1, 0.15) is 22.3 Å². The van der Waals surface area contributed by atoms with Crippen LogP contribution >= 0.6 is 11.6 Å². The van der Waals surface area contributed by atoms with E-state index in [0.29, 0.717) is 39.8 Å². The number of benzene rings is 3. The van der Waals surface area contributed by atoms with Crippen molar-refractivity contribution in [3.05, 3.63) is 118 Å². The zero-order valence-electron chi connectivity index (χ0n) is 26.3. The van der Waals surface area contributed by atoms with Crippen LogP contribution in [0.25, 0.3) is 10.9 Å². The average molecular weight is 673 g/mol. The number of hydrogen-bond acceptors (Lipinski definition) is 8. The van der Waals surface area contributed by atoms with Gasteiger partial charge in [0.2, 0.25) is 0 Å². The van der Waals surface area contributed by atoms with E-state index in [0.717, 1.165) is 50.9 Å². The molecule has 12 heteroatoms. The topological polar surface area (TPSA) is 104 Å². The summed E-state index contributed by atoms with van der Waals surface area (Å²) in [6.45, 7) is 5.04. The minimum atomic E-state index is -0.710. The number of carbonyl (C=O) groups is 1. The molecule has 3 heterocycles. The number of hydrogen-bond donors (Lipinski definition) is 1. The number of rotatable bonds is 12. The Morgan fingerprint density at radius 1 is 1.00 bits per heavy atom. The molecule has 1 aliphatic rings. The van der Waals surface area contributed by atoms with Gasteiger partial charge in [-0.15, -0.1) is 0 Å². The van der Waals surface area contributed by atoms with Crippen LogP contribution in [-0.2, 0) is 11.3 Å². The molecule has 1 saturated heterocycles. The van der Waals surface area contributed by atoms with E-state index in [1.165, 1.54) is 22.8 Å². The maximum absolute atomic E-state index is 15.3. The quantitative estimate of drug-likeness (QED) is 0.152. The summed E-state index contributed by atoms with van der Waals surface area (Å²) in [6, 6.07) is 19.3. The van der Waals surface area contributed by atoms with E-state index in [2.05, 4.69) is 15.2 Å². The summed E-state index contributed by atoms with van der Waals surface area (Å²) in [4.78, 5) is 32.9. The Balaban J connectivity index is 1.12. The molecule has 0 bridgehead atoms. The smallest absolute Gasteiger partial charge is 0.263 e. The summed E-state index contributed by atoms with van der Waals surface area (Å²) >= 11 is 5.96. The van der Waals surface area contributed by atoms with Gasteiger partial charge in [-0.2, -0.15) is 0 Å². The highest BCUT2D eigenvalue weighted by molar-refractivity contribution is 6.30. The summed E-state index contributed by atoms with van der Waals surface area (Å²) in [5.41, 5.74) is 1.04. The van der Waals surface area contributed by atoms with Gasteiger partial charge in [0.15, 0.2) is 23.1 Å². The Labute approximate surface area is 281 Å². The molecule has 3 aromatic carbocycles. The second-order valence-electron chi connectivity index (χ2n) is 11.2. The minimum absolute atomic E-state index is 0.0621. The first-order valence-electron chi connectivity index (χ1n) is 15.5. The van der Waals surface area contributed by atoms with Crippen molar-refractivity contribution in [3.8, 4) is 23.0 Å². The summed E-state index contributed by atoms with van der Waals surface area (Å²) in [6.07, 6.45) is 4.01. The Kier molecular flexibility index (Phi) is 10.5. The Morgan fingerprint density at radius 3 is 2.58 bits per heavy atom. The molecule has 0 saturated carbocycles. The molecule has 0 aliphatic carbocycles. The first kappa shape index (κ1) is 33.0. The number of methoxy groups -OCH3 is 1. The van der Waals surface area contributed by atoms with Crippen molar-refractivity contribution in [3.63, 3.8) is 0 Å². The SMILES string of the molecule is COc1cc2c(Oc3ccc(NC(=O)c4cccn(Cc5ccc(Cl)cc5)c4=O)cc3F)ccnc2cc1OCCCN1CCOCC1. The van der Waals surface area contributed by atoms with Gasteiger partial charge in [0.05, 0.1) is 39.0 Å². The number of aromatic nitrogens is 2. The fourth-order valence-corrected chi connectivity index (χ4v) is 5.51. The van der Waals surface area contributed by atoms with Crippen LogP contribution in [0.2, 0.25) is 5.02 Å². The molecule has 2 aromatic heterocycles. The minimum Gasteiger partial charge on any atom is -0.493 e. The number of nitrogens with zero attached hydrogens (tertiary/aromatic N) is 3. The number of ether oxygens (including phenoxy) is 4. The lowest BCUT2D eigenvalue weighted by Crippen LogP contribution is -2.37. The van der Waals surface area contributed by atoms with Crippen molar-refractivity contribution in [1.82, 2.24) is 14.5 Å². The van der Waals surface area contributed by atoms with Crippen LogP contribution in [0.4, 0.5) is 10.1 Å². The van der Waals surface area contributed by atoms with Crippen LogP contribution in [0.3, 0.4) is 0 Å². The third-order valence-electron chi connectivity index (χ3n) is 7.91. The van der Waals surface area contributed by atoms with Crippen LogP contribution in [0.5, 0.6) is 23.0 Å². The Hall–Kier alpha value is -4.97. The lowest BCUT2D eigenvalue weighted by Gasteiger charge is -2.26. The molecule has 0 unspecified atom stereocenters. The van der Waals surface area contributed by atoms with Gasteiger partial charge >= 0.3 is 0 Å². The molecule has 10 nitrogen and oxygen atoms in total. The van der Waals surface area contributed by atoms with Gasteiger partial charge in [-0.25, -0.2) is 4.39 Å². The van der Waals surface area contributed by atoms with Gasteiger partial charge in [0, 0.05) is 60.3 Å². The maximum Gasteiger partial charge on any atom is 0.263 e. The van der Waals surface area contributed by atoms with Crippen LogP contribution in [0, 0.1) is 5.82 Å². The number of anilines is 1. The van der Waals surface area contributed by atoms with Gasteiger partial charge in [0.1, 0.15) is 11.3 Å². The predicted molar refractivity (Wildman–Crippen MR) is 181 cm³/mol. The summed E-state index contributed by atoms with van der Waals surface area (Å²) in [5, 5.41) is 3.79. The zero-order chi connectivity index (χ0) is 33.5. The van der Waals surface area contributed by atoms with Crippen molar-refractivity contribution < 1.29 is 28.1 Å². The van der Waals surface area contributed by atoms with Crippen molar-refractivity contribution >= 4 is 34.1 Å². The lowest BCUT2D eigenvalue weighted by atomic mass is 10.1. The largest absolute Gasteiger partial charge is 0.493 e. The van der Waals surface area contributed by atoms with Crippen molar-refractivity contribution in [2.45, 2.75) is 13.0 Å². The number of pyridine rings is 2. The zero-order valence-corrected chi connectivity index (χ0v) is 27.0. The van der Waals surface area contributed by atoms with Crippen molar-refractivity contribution in [2.75, 3.05) is 51.9 Å². The van der Waals surface area contributed by atoms with Gasteiger partial charge in [0.25, 0.3) is 11.5 Å². The molecule has 1 N–H and O–H groups in total. The van der Waals surface area contributed by atoms with E-state index in [4.69, 9.17) is 30.5 Å². The van der Waals surface area contributed by atoms with Gasteiger partial charge in [-0.3, -0.25) is 19.5 Å². The number of morpholine rings is 1.